The van der Waals surface area contributed by atoms with E-state index in [2.05, 4.69) is 4.98 Å². The van der Waals surface area contributed by atoms with Crippen LogP contribution in [0.4, 0.5) is 0 Å². The van der Waals surface area contributed by atoms with Gasteiger partial charge in [-0.05, 0) is 29.8 Å². The minimum Gasteiger partial charge on any atom is -0.497 e. The van der Waals surface area contributed by atoms with Crippen molar-refractivity contribution in [1.29, 1.82) is 0 Å². The molecule has 0 radical (unpaired) electrons. The number of aromatic nitrogens is 1. The molecule has 0 amide bonds. The standard InChI is InChI=1S/C14H11NO2/c1-16-11-2-3-13-12(10-5-7-17-9-10)4-6-15-14(13)8-11/h2-9H,1H3. The Bertz CT molecular complexity index is 644. The Balaban J connectivity index is 2.27. The quantitative estimate of drug-likeness (QED) is 0.669. The lowest BCUT2D eigenvalue weighted by atomic mass is 10.0. The van der Waals surface area contributed by atoms with Crippen molar-refractivity contribution < 1.29 is 9.15 Å². The predicted molar refractivity (Wildman–Crippen MR) is 66.0 cm³/mol. The third kappa shape index (κ3) is 1.65. The summed E-state index contributed by atoms with van der Waals surface area (Å²) in [6, 6.07) is 9.81. The van der Waals surface area contributed by atoms with Crippen molar-refractivity contribution in [3.8, 4) is 16.9 Å². The van der Waals surface area contributed by atoms with Gasteiger partial charge in [0.1, 0.15) is 5.75 Å². The van der Waals surface area contributed by atoms with Crippen LogP contribution in [-0.4, -0.2) is 12.1 Å². The lowest BCUT2D eigenvalue weighted by molar-refractivity contribution is 0.415. The van der Waals surface area contributed by atoms with E-state index in [9.17, 15) is 0 Å². The molecule has 0 bridgehead atoms. The van der Waals surface area contributed by atoms with E-state index >= 15 is 0 Å². The molecule has 3 heteroatoms. The number of hydrogen-bond acceptors (Lipinski definition) is 3. The molecule has 0 unspecified atom stereocenters. The van der Waals surface area contributed by atoms with Crippen LogP contribution in [0.1, 0.15) is 0 Å². The minimum atomic E-state index is 0.814. The number of pyridine rings is 1. The molecular formula is C14H11NO2. The third-order valence-electron chi connectivity index (χ3n) is 2.78. The van der Waals surface area contributed by atoms with E-state index in [1.165, 1.54) is 0 Å². The van der Waals surface area contributed by atoms with Gasteiger partial charge in [0, 0.05) is 23.2 Å². The molecule has 0 saturated carbocycles. The second-order valence-electron chi connectivity index (χ2n) is 3.75. The summed E-state index contributed by atoms with van der Waals surface area (Å²) < 4.78 is 10.3. The number of ether oxygens (including phenoxy) is 1. The van der Waals surface area contributed by atoms with Crippen LogP contribution >= 0.6 is 0 Å². The molecular weight excluding hydrogens is 214 g/mol. The SMILES string of the molecule is COc1ccc2c(-c3ccoc3)ccnc2c1. The van der Waals surface area contributed by atoms with E-state index in [0.717, 1.165) is 27.8 Å². The molecule has 0 atom stereocenters. The summed E-state index contributed by atoms with van der Waals surface area (Å²) in [4.78, 5) is 4.35. The highest BCUT2D eigenvalue weighted by Crippen LogP contribution is 2.29. The summed E-state index contributed by atoms with van der Waals surface area (Å²) in [7, 11) is 1.65. The molecule has 2 aromatic heterocycles. The number of benzene rings is 1. The van der Waals surface area contributed by atoms with Gasteiger partial charge < -0.3 is 9.15 Å². The van der Waals surface area contributed by atoms with Crippen LogP contribution < -0.4 is 4.74 Å². The molecule has 3 rings (SSSR count). The van der Waals surface area contributed by atoms with Gasteiger partial charge in [0.25, 0.3) is 0 Å². The van der Waals surface area contributed by atoms with Crippen molar-refractivity contribution >= 4 is 10.9 Å². The van der Waals surface area contributed by atoms with Crippen molar-refractivity contribution in [3.05, 3.63) is 49.1 Å². The fraction of sp³-hybridized carbons (Fsp3) is 0.0714. The number of fused-ring (bicyclic) bond motifs is 1. The number of methoxy groups -OCH3 is 1. The smallest absolute Gasteiger partial charge is 0.121 e. The molecule has 0 aliphatic carbocycles. The summed E-state index contributed by atoms with van der Waals surface area (Å²) >= 11 is 0. The van der Waals surface area contributed by atoms with Gasteiger partial charge in [0.15, 0.2) is 0 Å². The Morgan fingerprint density at radius 3 is 2.88 bits per heavy atom. The van der Waals surface area contributed by atoms with Crippen molar-refractivity contribution in [2.45, 2.75) is 0 Å². The zero-order valence-corrected chi connectivity index (χ0v) is 9.38. The molecule has 0 saturated heterocycles. The maximum Gasteiger partial charge on any atom is 0.121 e. The molecule has 84 valence electrons. The number of hydrogen-bond donors (Lipinski definition) is 0. The Hall–Kier alpha value is -2.29. The van der Waals surface area contributed by atoms with Crippen LogP contribution in [0.5, 0.6) is 5.75 Å². The molecule has 0 fully saturated rings. The van der Waals surface area contributed by atoms with Crippen LogP contribution in [0.15, 0.2) is 53.5 Å². The molecule has 0 spiro atoms. The summed E-state index contributed by atoms with van der Waals surface area (Å²) in [5, 5.41) is 1.09. The highest BCUT2D eigenvalue weighted by Gasteiger charge is 2.06. The van der Waals surface area contributed by atoms with Crippen molar-refractivity contribution in [1.82, 2.24) is 4.98 Å². The first-order valence-electron chi connectivity index (χ1n) is 5.34. The largest absolute Gasteiger partial charge is 0.497 e. The van der Waals surface area contributed by atoms with Crippen LogP contribution in [0.3, 0.4) is 0 Å². The minimum absolute atomic E-state index is 0.814. The van der Waals surface area contributed by atoms with Crippen LogP contribution in [0, 0.1) is 0 Å². The van der Waals surface area contributed by atoms with Crippen LogP contribution in [-0.2, 0) is 0 Å². The van der Waals surface area contributed by atoms with E-state index < -0.39 is 0 Å². The molecule has 2 heterocycles. The van der Waals surface area contributed by atoms with Crippen LogP contribution in [0.2, 0.25) is 0 Å². The van der Waals surface area contributed by atoms with Crippen molar-refractivity contribution in [2.24, 2.45) is 0 Å². The maximum absolute atomic E-state index is 5.19. The molecule has 1 aromatic carbocycles. The zero-order chi connectivity index (χ0) is 11.7. The van der Waals surface area contributed by atoms with Crippen molar-refractivity contribution in [3.63, 3.8) is 0 Å². The second kappa shape index (κ2) is 3.94. The molecule has 17 heavy (non-hydrogen) atoms. The number of rotatable bonds is 2. The molecule has 0 aliphatic heterocycles. The van der Waals surface area contributed by atoms with E-state index in [4.69, 9.17) is 9.15 Å². The predicted octanol–water partition coefficient (Wildman–Crippen LogP) is 3.50. The first-order valence-corrected chi connectivity index (χ1v) is 5.34. The fourth-order valence-corrected chi connectivity index (χ4v) is 1.92. The Kier molecular flexibility index (Phi) is 2.29. The maximum atomic E-state index is 5.19. The van der Waals surface area contributed by atoms with Gasteiger partial charge >= 0.3 is 0 Å². The van der Waals surface area contributed by atoms with E-state index in [0.29, 0.717) is 0 Å². The average molecular weight is 225 g/mol. The molecule has 0 N–H and O–H groups in total. The summed E-state index contributed by atoms with van der Waals surface area (Å²) in [6.07, 6.45) is 5.20. The highest BCUT2D eigenvalue weighted by atomic mass is 16.5. The summed E-state index contributed by atoms with van der Waals surface area (Å²) in [6.45, 7) is 0. The molecule has 3 aromatic rings. The third-order valence-corrected chi connectivity index (χ3v) is 2.78. The Labute approximate surface area is 98.7 Å². The number of nitrogens with zero attached hydrogens (tertiary/aromatic N) is 1. The first kappa shape index (κ1) is 9.90. The summed E-state index contributed by atoms with van der Waals surface area (Å²) in [5.41, 5.74) is 3.09. The zero-order valence-electron chi connectivity index (χ0n) is 9.38. The lowest BCUT2D eigenvalue weighted by Gasteiger charge is -2.05. The second-order valence-corrected chi connectivity index (χ2v) is 3.75. The molecule has 3 nitrogen and oxygen atoms in total. The van der Waals surface area contributed by atoms with Gasteiger partial charge in [-0.2, -0.15) is 0 Å². The van der Waals surface area contributed by atoms with Crippen LogP contribution in [0.25, 0.3) is 22.0 Å². The van der Waals surface area contributed by atoms with E-state index in [1.807, 2.05) is 30.3 Å². The first-order chi connectivity index (χ1) is 8.38. The topological polar surface area (TPSA) is 35.3 Å². The molecule has 0 aliphatic rings. The monoisotopic (exact) mass is 225 g/mol. The van der Waals surface area contributed by atoms with Gasteiger partial charge in [-0.25, -0.2) is 0 Å². The fourth-order valence-electron chi connectivity index (χ4n) is 1.92. The Morgan fingerprint density at radius 1 is 1.18 bits per heavy atom. The van der Waals surface area contributed by atoms with E-state index in [-0.39, 0.29) is 0 Å². The van der Waals surface area contributed by atoms with Gasteiger partial charge in [-0.1, -0.05) is 0 Å². The van der Waals surface area contributed by atoms with Gasteiger partial charge in [-0.15, -0.1) is 0 Å². The lowest BCUT2D eigenvalue weighted by Crippen LogP contribution is -1.86. The summed E-state index contributed by atoms with van der Waals surface area (Å²) in [5.74, 6) is 0.814. The highest BCUT2D eigenvalue weighted by molar-refractivity contribution is 5.94. The number of furan rings is 1. The Morgan fingerprint density at radius 2 is 2.12 bits per heavy atom. The van der Waals surface area contributed by atoms with E-state index in [1.54, 1.807) is 25.8 Å². The van der Waals surface area contributed by atoms with Gasteiger partial charge in [0.05, 0.1) is 25.2 Å². The van der Waals surface area contributed by atoms with Gasteiger partial charge in [-0.3, -0.25) is 4.98 Å². The van der Waals surface area contributed by atoms with Gasteiger partial charge in [0.2, 0.25) is 0 Å². The van der Waals surface area contributed by atoms with Crippen molar-refractivity contribution in [2.75, 3.05) is 7.11 Å². The normalized spacial score (nSPS) is 10.6. The average Bonchev–Trinajstić information content (AvgIpc) is 2.91.